The average Bonchev–Trinajstić information content (AvgIpc) is 3.47. The summed E-state index contributed by atoms with van der Waals surface area (Å²) in [5.74, 6) is 0.113. The van der Waals surface area contributed by atoms with E-state index in [0.29, 0.717) is 22.8 Å². The number of aromatic nitrogens is 2. The molecule has 0 fully saturated rings. The minimum absolute atomic E-state index is 0.106. The lowest BCUT2D eigenvalue weighted by Crippen LogP contribution is -2.22. The van der Waals surface area contributed by atoms with Gasteiger partial charge in [-0.15, -0.1) is 5.10 Å². The molecule has 1 amide bonds. The van der Waals surface area contributed by atoms with E-state index in [4.69, 9.17) is 23.5 Å². The fourth-order valence-corrected chi connectivity index (χ4v) is 2.67. The first-order valence-electron chi connectivity index (χ1n) is 9.49. The largest absolute Gasteiger partial charge is 0.454 e. The van der Waals surface area contributed by atoms with Crippen molar-refractivity contribution in [3.63, 3.8) is 0 Å². The van der Waals surface area contributed by atoms with Gasteiger partial charge in [-0.05, 0) is 37.3 Å². The number of hydrogen-bond donors (Lipinski definition) is 1. The highest BCUT2D eigenvalue weighted by Crippen LogP contribution is 2.32. The lowest BCUT2D eigenvalue weighted by atomic mass is 10.1. The third-order valence-corrected chi connectivity index (χ3v) is 4.23. The van der Waals surface area contributed by atoms with Crippen LogP contribution in [0.2, 0.25) is 0 Å². The molecule has 3 aromatic rings. The van der Waals surface area contributed by atoms with Gasteiger partial charge < -0.3 is 23.5 Å². The Morgan fingerprint density at radius 3 is 2.72 bits per heavy atom. The summed E-state index contributed by atoms with van der Waals surface area (Å²) >= 11 is 0. The molecule has 0 saturated heterocycles. The van der Waals surface area contributed by atoms with Gasteiger partial charge in [0, 0.05) is 11.1 Å². The number of carbonyl (C=O) groups excluding carboxylic acids is 2. The molecule has 0 atom stereocenters. The molecule has 0 bridgehead atoms. The molecule has 0 saturated carbocycles. The van der Waals surface area contributed by atoms with Gasteiger partial charge in [-0.2, -0.15) is 0 Å². The van der Waals surface area contributed by atoms with Crippen molar-refractivity contribution >= 4 is 23.6 Å². The van der Waals surface area contributed by atoms with Gasteiger partial charge >= 0.3 is 12.0 Å². The Hall–Kier alpha value is -4.41. The van der Waals surface area contributed by atoms with E-state index in [1.54, 1.807) is 37.3 Å². The van der Waals surface area contributed by atoms with E-state index in [1.165, 1.54) is 0 Å². The number of esters is 1. The number of amides is 1. The average molecular weight is 438 g/mol. The third-order valence-electron chi connectivity index (χ3n) is 4.23. The molecule has 0 radical (unpaired) electrons. The van der Waals surface area contributed by atoms with Crippen LogP contribution in [-0.2, 0) is 19.2 Å². The number of oxime groups is 1. The molecule has 2 aromatic carbocycles. The molecule has 2 heterocycles. The fraction of sp³-hybridized carbons (Fsp3) is 0.190. The second kappa shape index (κ2) is 9.60. The van der Waals surface area contributed by atoms with Crippen molar-refractivity contribution in [1.82, 2.24) is 10.2 Å². The van der Waals surface area contributed by atoms with E-state index in [2.05, 4.69) is 20.7 Å². The first-order chi connectivity index (χ1) is 15.6. The number of anilines is 1. The maximum Gasteiger partial charge on any atom is 0.347 e. The zero-order chi connectivity index (χ0) is 22.3. The van der Waals surface area contributed by atoms with Gasteiger partial charge in [0.15, 0.2) is 18.1 Å². The summed E-state index contributed by atoms with van der Waals surface area (Å²) in [4.78, 5) is 28.7. The van der Waals surface area contributed by atoms with Crippen molar-refractivity contribution in [1.29, 1.82) is 0 Å². The van der Waals surface area contributed by atoms with E-state index in [-0.39, 0.29) is 18.7 Å². The minimum atomic E-state index is -0.766. The van der Waals surface area contributed by atoms with Crippen molar-refractivity contribution in [3.05, 3.63) is 54.1 Å². The SMILES string of the molecule is C/C(=N/OCC(=O)OCC(=O)Nc1nnc(-c2ccccc2)o1)c1ccc2c(c1)OCO2. The van der Waals surface area contributed by atoms with Crippen molar-refractivity contribution in [2.45, 2.75) is 6.92 Å². The predicted molar refractivity (Wildman–Crippen MR) is 110 cm³/mol. The van der Waals surface area contributed by atoms with Crippen molar-refractivity contribution in [2.75, 3.05) is 25.3 Å². The monoisotopic (exact) mass is 438 g/mol. The van der Waals surface area contributed by atoms with Gasteiger partial charge in [0.05, 0.1) is 5.71 Å². The highest BCUT2D eigenvalue weighted by atomic mass is 16.7. The van der Waals surface area contributed by atoms with Gasteiger partial charge in [0.2, 0.25) is 19.3 Å². The maximum absolute atomic E-state index is 11.9. The normalized spacial score (nSPS) is 12.3. The number of nitrogens with one attached hydrogen (secondary N) is 1. The number of nitrogens with zero attached hydrogens (tertiary/aromatic N) is 3. The minimum Gasteiger partial charge on any atom is -0.454 e. The predicted octanol–water partition coefficient (Wildman–Crippen LogP) is 2.39. The summed E-state index contributed by atoms with van der Waals surface area (Å²) < 4.78 is 20.8. The third kappa shape index (κ3) is 5.19. The quantitative estimate of drug-likeness (QED) is 0.319. The van der Waals surface area contributed by atoms with Crippen LogP contribution in [0.1, 0.15) is 12.5 Å². The van der Waals surface area contributed by atoms with Gasteiger partial charge in [-0.3, -0.25) is 10.1 Å². The van der Waals surface area contributed by atoms with Crippen LogP contribution in [0.5, 0.6) is 11.5 Å². The Morgan fingerprint density at radius 1 is 1.06 bits per heavy atom. The zero-order valence-electron chi connectivity index (χ0n) is 16.9. The Kier molecular flexibility index (Phi) is 6.25. The topological polar surface area (TPSA) is 134 Å². The first-order valence-corrected chi connectivity index (χ1v) is 9.49. The second-order valence-corrected chi connectivity index (χ2v) is 6.51. The van der Waals surface area contributed by atoms with Gasteiger partial charge in [0.25, 0.3) is 5.91 Å². The highest BCUT2D eigenvalue weighted by Gasteiger charge is 2.15. The summed E-state index contributed by atoms with van der Waals surface area (Å²) in [7, 11) is 0. The summed E-state index contributed by atoms with van der Waals surface area (Å²) in [5.41, 5.74) is 1.98. The Morgan fingerprint density at radius 2 is 1.88 bits per heavy atom. The van der Waals surface area contributed by atoms with E-state index in [9.17, 15) is 9.59 Å². The fourth-order valence-electron chi connectivity index (χ4n) is 2.67. The molecule has 11 nitrogen and oxygen atoms in total. The number of ether oxygens (including phenoxy) is 3. The van der Waals surface area contributed by atoms with Gasteiger partial charge in [0.1, 0.15) is 0 Å². The second-order valence-electron chi connectivity index (χ2n) is 6.51. The highest BCUT2D eigenvalue weighted by molar-refractivity contribution is 5.99. The molecule has 164 valence electrons. The van der Waals surface area contributed by atoms with E-state index >= 15 is 0 Å². The molecule has 4 rings (SSSR count). The van der Waals surface area contributed by atoms with E-state index < -0.39 is 25.1 Å². The summed E-state index contributed by atoms with van der Waals surface area (Å²) in [6, 6.07) is 14.3. The smallest absolute Gasteiger partial charge is 0.347 e. The molecular formula is C21H18N4O7. The van der Waals surface area contributed by atoms with E-state index in [0.717, 1.165) is 5.56 Å². The molecule has 0 unspecified atom stereocenters. The lowest BCUT2D eigenvalue weighted by Gasteiger charge is -2.05. The molecule has 32 heavy (non-hydrogen) atoms. The number of rotatable bonds is 8. The molecule has 0 spiro atoms. The van der Waals surface area contributed by atoms with Crippen LogP contribution in [0.4, 0.5) is 6.01 Å². The van der Waals surface area contributed by atoms with Crippen LogP contribution >= 0.6 is 0 Å². The molecule has 1 aliphatic rings. The Bertz CT molecular complexity index is 1140. The number of hydrogen-bond acceptors (Lipinski definition) is 10. The lowest BCUT2D eigenvalue weighted by molar-refractivity contribution is -0.151. The first kappa shape index (κ1) is 20.8. The molecule has 1 aliphatic heterocycles. The Labute approximate surface area is 181 Å². The zero-order valence-corrected chi connectivity index (χ0v) is 16.9. The van der Waals surface area contributed by atoms with Gasteiger partial charge in [-0.25, -0.2) is 4.79 Å². The van der Waals surface area contributed by atoms with Gasteiger partial charge in [-0.1, -0.05) is 28.5 Å². The van der Waals surface area contributed by atoms with Crippen molar-refractivity contribution < 1.29 is 33.1 Å². The molecule has 0 aliphatic carbocycles. The summed E-state index contributed by atoms with van der Waals surface area (Å²) in [6.07, 6.45) is 0. The van der Waals surface area contributed by atoms with Crippen LogP contribution in [0.15, 0.2) is 58.1 Å². The van der Waals surface area contributed by atoms with Crippen LogP contribution in [-0.4, -0.2) is 47.8 Å². The van der Waals surface area contributed by atoms with Crippen molar-refractivity contribution in [2.24, 2.45) is 5.16 Å². The summed E-state index contributed by atoms with van der Waals surface area (Å²) in [5, 5.41) is 13.8. The van der Waals surface area contributed by atoms with E-state index in [1.807, 2.05) is 18.2 Å². The van der Waals surface area contributed by atoms with Crippen LogP contribution in [0.25, 0.3) is 11.5 Å². The standard InChI is InChI=1S/C21H18N4O7/c1-13(15-7-8-16-17(9-15)30-12-29-16)25-31-11-19(27)28-10-18(26)22-21-24-23-20(32-21)14-5-3-2-4-6-14/h2-9H,10-12H2,1H3,(H,22,24,26)/b25-13-. The van der Waals surface area contributed by atoms with Crippen molar-refractivity contribution in [3.8, 4) is 23.0 Å². The number of carbonyl (C=O) groups is 2. The molecule has 11 heteroatoms. The molecular weight excluding hydrogens is 420 g/mol. The molecule has 1 aromatic heterocycles. The van der Waals surface area contributed by atoms with Crippen LogP contribution in [0.3, 0.4) is 0 Å². The number of fused-ring (bicyclic) bond motifs is 1. The maximum atomic E-state index is 11.9. The Balaban J connectivity index is 1.20. The van der Waals surface area contributed by atoms with Crippen LogP contribution < -0.4 is 14.8 Å². The summed E-state index contributed by atoms with van der Waals surface area (Å²) in [6.45, 7) is 0.875. The molecule has 1 N–H and O–H groups in total. The van der Waals surface area contributed by atoms with Crippen LogP contribution in [0, 0.1) is 0 Å². The number of benzene rings is 2.